The fourth-order valence-corrected chi connectivity index (χ4v) is 2.52. The molecule has 90 valence electrons. The van der Waals surface area contributed by atoms with Crippen molar-refractivity contribution in [1.82, 2.24) is 10.5 Å². The van der Waals surface area contributed by atoms with E-state index in [1.54, 1.807) is 0 Å². The number of hydrogen-bond donors (Lipinski definition) is 2. The molecule has 1 saturated carbocycles. The molecule has 1 heterocycles. The van der Waals surface area contributed by atoms with Crippen molar-refractivity contribution in [3.05, 3.63) is 36.0 Å². The number of aromatic nitrogens is 1. The first kappa shape index (κ1) is 10.8. The van der Waals surface area contributed by atoms with E-state index >= 15 is 0 Å². The molecule has 3 nitrogen and oxygen atoms in total. The van der Waals surface area contributed by atoms with Gasteiger partial charge in [-0.05, 0) is 24.5 Å². The average Bonchev–Trinajstić information content (AvgIpc) is 2.99. The Balaban J connectivity index is 1.60. The Hall–Kier alpha value is -1.32. The third kappa shape index (κ3) is 2.35. The molecule has 0 aliphatic heterocycles. The number of H-pyrrole nitrogens is 1. The van der Waals surface area contributed by atoms with Gasteiger partial charge in [-0.15, -0.1) is 0 Å². The summed E-state index contributed by atoms with van der Waals surface area (Å²) in [5, 5.41) is 1.27. The van der Waals surface area contributed by atoms with Crippen LogP contribution < -0.4 is 5.48 Å². The third-order valence-corrected chi connectivity index (χ3v) is 3.49. The lowest BCUT2D eigenvalue weighted by Gasteiger charge is -2.11. The lowest BCUT2D eigenvalue weighted by atomic mass is 10.2. The SMILES string of the molecule is c1ccc2c(CNOC3CCCC3)c[nH]c2c1. The molecule has 0 radical (unpaired) electrons. The van der Waals surface area contributed by atoms with Gasteiger partial charge in [0, 0.05) is 23.6 Å². The van der Waals surface area contributed by atoms with Crippen LogP contribution in [0.1, 0.15) is 31.2 Å². The van der Waals surface area contributed by atoms with Crippen molar-refractivity contribution < 1.29 is 4.84 Å². The van der Waals surface area contributed by atoms with Crippen LogP contribution in [0.15, 0.2) is 30.5 Å². The lowest BCUT2D eigenvalue weighted by Crippen LogP contribution is -2.21. The van der Waals surface area contributed by atoms with Gasteiger partial charge in [-0.2, -0.15) is 5.48 Å². The molecule has 17 heavy (non-hydrogen) atoms. The monoisotopic (exact) mass is 230 g/mol. The number of rotatable bonds is 4. The van der Waals surface area contributed by atoms with Crippen molar-refractivity contribution in [3.63, 3.8) is 0 Å². The van der Waals surface area contributed by atoms with Gasteiger partial charge in [-0.3, -0.25) is 4.84 Å². The van der Waals surface area contributed by atoms with Gasteiger partial charge in [0.25, 0.3) is 0 Å². The highest BCUT2D eigenvalue weighted by molar-refractivity contribution is 5.82. The van der Waals surface area contributed by atoms with Crippen LogP contribution in [0.3, 0.4) is 0 Å². The van der Waals surface area contributed by atoms with E-state index in [1.165, 1.54) is 42.1 Å². The molecule has 1 aromatic heterocycles. The van der Waals surface area contributed by atoms with Crippen molar-refractivity contribution in [1.29, 1.82) is 0 Å². The highest BCUT2D eigenvalue weighted by Crippen LogP contribution is 2.21. The smallest absolute Gasteiger partial charge is 0.0790 e. The summed E-state index contributed by atoms with van der Waals surface area (Å²) in [6, 6.07) is 8.34. The first-order valence-electron chi connectivity index (χ1n) is 6.37. The molecular formula is C14H18N2O. The molecule has 2 aromatic rings. The Labute approximate surface area is 101 Å². The van der Waals surface area contributed by atoms with Gasteiger partial charge in [0.2, 0.25) is 0 Å². The molecule has 0 atom stereocenters. The first-order chi connectivity index (χ1) is 8.43. The lowest BCUT2D eigenvalue weighted by molar-refractivity contribution is -0.0242. The maximum atomic E-state index is 5.66. The van der Waals surface area contributed by atoms with Gasteiger partial charge in [0.05, 0.1) is 6.10 Å². The van der Waals surface area contributed by atoms with E-state index in [1.807, 2.05) is 6.07 Å². The van der Waals surface area contributed by atoms with Gasteiger partial charge in [-0.25, -0.2) is 0 Å². The minimum Gasteiger partial charge on any atom is -0.361 e. The molecule has 1 aromatic carbocycles. The van der Waals surface area contributed by atoms with Crippen LogP contribution in [0.4, 0.5) is 0 Å². The Morgan fingerprint density at radius 2 is 2.06 bits per heavy atom. The van der Waals surface area contributed by atoms with E-state index in [-0.39, 0.29) is 0 Å². The van der Waals surface area contributed by atoms with E-state index in [2.05, 4.69) is 34.9 Å². The van der Waals surface area contributed by atoms with E-state index < -0.39 is 0 Å². The van der Waals surface area contributed by atoms with Crippen LogP contribution in [0.25, 0.3) is 10.9 Å². The zero-order valence-electron chi connectivity index (χ0n) is 9.91. The summed E-state index contributed by atoms with van der Waals surface area (Å²) in [4.78, 5) is 8.93. The molecule has 1 aliphatic rings. The number of aromatic amines is 1. The normalized spacial score (nSPS) is 16.9. The molecule has 1 aliphatic carbocycles. The zero-order valence-corrected chi connectivity index (χ0v) is 9.91. The topological polar surface area (TPSA) is 37.0 Å². The van der Waals surface area contributed by atoms with Crippen molar-refractivity contribution in [2.75, 3.05) is 0 Å². The second kappa shape index (κ2) is 4.90. The first-order valence-corrected chi connectivity index (χ1v) is 6.37. The summed E-state index contributed by atoms with van der Waals surface area (Å²) < 4.78 is 0. The molecular weight excluding hydrogens is 212 g/mol. The van der Waals surface area contributed by atoms with Gasteiger partial charge in [0.1, 0.15) is 0 Å². The van der Waals surface area contributed by atoms with Crippen LogP contribution in [-0.4, -0.2) is 11.1 Å². The second-order valence-corrected chi connectivity index (χ2v) is 4.70. The van der Waals surface area contributed by atoms with E-state index in [0.717, 1.165) is 6.54 Å². The number of para-hydroxylation sites is 1. The number of hydrogen-bond acceptors (Lipinski definition) is 2. The number of fused-ring (bicyclic) bond motifs is 1. The highest BCUT2D eigenvalue weighted by atomic mass is 16.7. The quantitative estimate of drug-likeness (QED) is 0.792. The van der Waals surface area contributed by atoms with Crippen molar-refractivity contribution in [2.24, 2.45) is 0 Å². The molecule has 0 amide bonds. The summed E-state index contributed by atoms with van der Waals surface area (Å²) in [7, 11) is 0. The standard InChI is InChI=1S/C14H18N2O/c1-2-6-12(5-1)17-16-10-11-9-15-14-8-4-3-7-13(11)14/h3-4,7-9,12,15-16H,1-2,5-6,10H2. The van der Waals surface area contributed by atoms with Crippen LogP contribution in [-0.2, 0) is 11.4 Å². The largest absolute Gasteiger partial charge is 0.361 e. The number of hydroxylamine groups is 1. The second-order valence-electron chi connectivity index (χ2n) is 4.70. The summed E-state index contributed by atoms with van der Waals surface area (Å²) in [5.74, 6) is 0. The fraction of sp³-hybridized carbons (Fsp3) is 0.429. The van der Waals surface area contributed by atoms with Crippen molar-refractivity contribution >= 4 is 10.9 Å². The van der Waals surface area contributed by atoms with Gasteiger partial charge < -0.3 is 4.98 Å². The Bertz CT molecular complexity index is 486. The Morgan fingerprint density at radius 1 is 1.24 bits per heavy atom. The van der Waals surface area contributed by atoms with Crippen LogP contribution >= 0.6 is 0 Å². The number of benzene rings is 1. The summed E-state index contributed by atoms with van der Waals surface area (Å²) in [5.41, 5.74) is 5.55. The maximum absolute atomic E-state index is 5.66. The highest BCUT2D eigenvalue weighted by Gasteiger charge is 2.15. The van der Waals surface area contributed by atoms with Crippen LogP contribution in [0.2, 0.25) is 0 Å². The molecule has 3 rings (SSSR count). The maximum Gasteiger partial charge on any atom is 0.0790 e. The van der Waals surface area contributed by atoms with Gasteiger partial charge >= 0.3 is 0 Å². The summed E-state index contributed by atoms with van der Waals surface area (Å²) in [6.07, 6.45) is 7.47. The zero-order chi connectivity index (χ0) is 11.5. The average molecular weight is 230 g/mol. The van der Waals surface area contributed by atoms with E-state index in [0.29, 0.717) is 6.10 Å². The molecule has 0 bridgehead atoms. The van der Waals surface area contributed by atoms with Crippen LogP contribution in [0.5, 0.6) is 0 Å². The van der Waals surface area contributed by atoms with Crippen molar-refractivity contribution in [3.8, 4) is 0 Å². The molecule has 1 fully saturated rings. The molecule has 0 saturated heterocycles. The minimum atomic E-state index is 0.417. The fourth-order valence-electron chi connectivity index (χ4n) is 2.52. The van der Waals surface area contributed by atoms with Crippen LogP contribution in [0, 0.1) is 0 Å². The summed E-state index contributed by atoms with van der Waals surface area (Å²) >= 11 is 0. The predicted octanol–water partition coefficient (Wildman–Crippen LogP) is 3.13. The summed E-state index contributed by atoms with van der Waals surface area (Å²) in [6.45, 7) is 0.764. The van der Waals surface area contributed by atoms with Gasteiger partial charge in [-0.1, -0.05) is 31.0 Å². The number of nitrogens with one attached hydrogen (secondary N) is 2. The van der Waals surface area contributed by atoms with Crippen molar-refractivity contribution in [2.45, 2.75) is 38.3 Å². The van der Waals surface area contributed by atoms with E-state index in [4.69, 9.17) is 4.84 Å². The van der Waals surface area contributed by atoms with E-state index in [9.17, 15) is 0 Å². The predicted molar refractivity (Wildman–Crippen MR) is 68.5 cm³/mol. The molecule has 2 N–H and O–H groups in total. The molecule has 3 heteroatoms. The Kier molecular flexibility index (Phi) is 3.12. The molecule has 0 spiro atoms. The Morgan fingerprint density at radius 3 is 2.94 bits per heavy atom. The molecule has 0 unspecified atom stereocenters. The van der Waals surface area contributed by atoms with Gasteiger partial charge in [0.15, 0.2) is 0 Å². The third-order valence-electron chi connectivity index (χ3n) is 3.49. The minimum absolute atomic E-state index is 0.417.